The Balaban J connectivity index is 2.50. The van der Waals surface area contributed by atoms with Crippen LogP contribution < -0.4 is 0 Å². The van der Waals surface area contributed by atoms with Gasteiger partial charge in [-0.15, -0.1) is 0 Å². The van der Waals surface area contributed by atoms with E-state index in [2.05, 4.69) is 0 Å². The van der Waals surface area contributed by atoms with E-state index in [1.807, 2.05) is 6.92 Å². The van der Waals surface area contributed by atoms with Gasteiger partial charge in [0.15, 0.2) is 17.1 Å². The first-order valence-electron chi connectivity index (χ1n) is 4.96. The van der Waals surface area contributed by atoms with Crippen LogP contribution in [0.4, 0.5) is 0 Å². The van der Waals surface area contributed by atoms with Gasteiger partial charge >= 0.3 is 0 Å². The average Bonchev–Trinajstić information content (AvgIpc) is 2.41. The molecule has 0 saturated heterocycles. The Kier molecular flexibility index (Phi) is 2.08. The Hall–Kier alpha value is -1.03. The van der Waals surface area contributed by atoms with Crippen molar-refractivity contribution in [3.05, 3.63) is 11.5 Å². The lowest BCUT2D eigenvalue weighted by Gasteiger charge is -2.50. The van der Waals surface area contributed by atoms with Crippen LogP contribution in [-0.4, -0.2) is 32.7 Å². The number of carbonyl (C=O) groups excluding carboxylic acids is 1. The van der Waals surface area contributed by atoms with Crippen molar-refractivity contribution < 1.29 is 19.0 Å². The number of fused-ring (bicyclic) bond motifs is 1. The molecule has 0 radical (unpaired) electrons. The molecule has 15 heavy (non-hydrogen) atoms. The summed E-state index contributed by atoms with van der Waals surface area (Å²) in [5.41, 5.74) is -1.09. The van der Waals surface area contributed by atoms with Crippen molar-refractivity contribution in [2.45, 2.75) is 25.4 Å². The molecule has 0 bridgehead atoms. The predicted molar refractivity (Wildman–Crippen MR) is 53.1 cm³/mol. The third-order valence-electron chi connectivity index (χ3n) is 3.67. The fourth-order valence-corrected chi connectivity index (χ4v) is 2.93. The molecule has 1 fully saturated rings. The highest BCUT2D eigenvalue weighted by Crippen LogP contribution is 2.62. The number of Topliss-reactive ketones (excluding diaryl/α,β-unsaturated/α-hetero) is 1. The first-order valence-corrected chi connectivity index (χ1v) is 4.96. The van der Waals surface area contributed by atoms with E-state index >= 15 is 0 Å². The molecule has 84 valence electrons. The van der Waals surface area contributed by atoms with Crippen LogP contribution in [0.25, 0.3) is 0 Å². The Labute approximate surface area is 89.2 Å². The van der Waals surface area contributed by atoms with Gasteiger partial charge in [0.2, 0.25) is 0 Å². The molecule has 2 aliphatic rings. The van der Waals surface area contributed by atoms with Crippen molar-refractivity contribution in [2.24, 2.45) is 5.41 Å². The molecule has 0 N–H and O–H groups in total. The van der Waals surface area contributed by atoms with Gasteiger partial charge in [-0.2, -0.15) is 0 Å². The minimum atomic E-state index is -0.896. The van der Waals surface area contributed by atoms with E-state index in [0.717, 1.165) is 5.76 Å². The van der Waals surface area contributed by atoms with Crippen LogP contribution in [-0.2, 0) is 19.0 Å². The molecule has 0 amide bonds. The summed E-state index contributed by atoms with van der Waals surface area (Å²) in [6, 6.07) is 0. The molecule has 4 heteroatoms. The third-order valence-corrected chi connectivity index (χ3v) is 3.67. The number of methoxy groups -OCH3 is 3. The van der Waals surface area contributed by atoms with Crippen LogP contribution in [0.3, 0.4) is 0 Å². The van der Waals surface area contributed by atoms with Gasteiger partial charge in [0.25, 0.3) is 0 Å². The minimum Gasteiger partial charge on any atom is -0.497 e. The summed E-state index contributed by atoms with van der Waals surface area (Å²) in [6.07, 6.45) is 1.23. The van der Waals surface area contributed by atoms with E-state index in [1.165, 1.54) is 0 Å². The number of hydrogen-bond acceptors (Lipinski definition) is 4. The summed E-state index contributed by atoms with van der Waals surface area (Å²) in [6.45, 7) is 2.03. The number of ether oxygens (including phenoxy) is 3. The molecule has 1 saturated carbocycles. The lowest BCUT2D eigenvalue weighted by Crippen LogP contribution is -2.63. The van der Waals surface area contributed by atoms with E-state index in [1.54, 1.807) is 21.3 Å². The highest BCUT2D eigenvalue weighted by molar-refractivity contribution is 5.99. The quantitative estimate of drug-likeness (QED) is 0.706. The van der Waals surface area contributed by atoms with Crippen molar-refractivity contribution in [1.82, 2.24) is 0 Å². The molecule has 0 heterocycles. The van der Waals surface area contributed by atoms with Crippen LogP contribution in [0, 0.1) is 5.41 Å². The molecule has 0 unspecified atom stereocenters. The van der Waals surface area contributed by atoms with E-state index < -0.39 is 5.60 Å². The van der Waals surface area contributed by atoms with Gasteiger partial charge < -0.3 is 14.2 Å². The molecular weight excluding hydrogens is 196 g/mol. The second kappa shape index (κ2) is 2.98. The highest BCUT2D eigenvalue weighted by atomic mass is 16.6. The van der Waals surface area contributed by atoms with Crippen molar-refractivity contribution in [3.8, 4) is 0 Å². The fraction of sp³-hybridized carbons (Fsp3) is 0.727. The number of rotatable bonds is 3. The number of carbonyl (C=O) groups is 1. The minimum absolute atomic E-state index is 0.0800. The Bertz CT molecular complexity index is 346. The van der Waals surface area contributed by atoms with Gasteiger partial charge in [0.1, 0.15) is 5.76 Å². The number of hydrogen-bond donors (Lipinski definition) is 0. The van der Waals surface area contributed by atoms with Gasteiger partial charge in [0, 0.05) is 25.4 Å². The first kappa shape index (κ1) is 10.5. The molecular formula is C11H16O4. The van der Waals surface area contributed by atoms with E-state index in [9.17, 15) is 4.79 Å². The SMILES string of the molecule is COC1=C(OC)[C@]2(OC)C(=O)C[C@]2(C)C1. The van der Waals surface area contributed by atoms with Crippen molar-refractivity contribution in [2.75, 3.05) is 21.3 Å². The zero-order chi connectivity index (χ0) is 11.3. The molecule has 2 aliphatic carbocycles. The monoisotopic (exact) mass is 212 g/mol. The van der Waals surface area contributed by atoms with Crippen LogP contribution in [0.2, 0.25) is 0 Å². The normalized spacial score (nSPS) is 38.8. The van der Waals surface area contributed by atoms with Gasteiger partial charge in [-0.3, -0.25) is 4.79 Å². The summed E-state index contributed by atoms with van der Waals surface area (Å²) in [5, 5.41) is 0. The Morgan fingerprint density at radius 2 is 1.80 bits per heavy atom. The van der Waals surface area contributed by atoms with Crippen molar-refractivity contribution in [1.29, 1.82) is 0 Å². The molecule has 0 aromatic carbocycles. The maximum atomic E-state index is 11.8. The van der Waals surface area contributed by atoms with Gasteiger partial charge in [-0.05, 0) is 0 Å². The predicted octanol–water partition coefficient (Wildman–Crippen LogP) is 1.26. The van der Waals surface area contributed by atoms with Crippen molar-refractivity contribution in [3.63, 3.8) is 0 Å². The zero-order valence-electron chi connectivity index (χ0n) is 9.55. The van der Waals surface area contributed by atoms with Crippen LogP contribution in [0.5, 0.6) is 0 Å². The largest absolute Gasteiger partial charge is 0.497 e. The van der Waals surface area contributed by atoms with Crippen LogP contribution in [0.1, 0.15) is 19.8 Å². The summed E-state index contributed by atoms with van der Waals surface area (Å²) in [4.78, 5) is 11.8. The number of allylic oxidation sites excluding steroid dienone is 1. The molecule has 4 nitrogen and oxygen atoms in total. The Morgan fingerprint density at radius 1 is 1.13 bits per heavy atom. The average molecular weight is 212 g/mol. The zero-order valence-corrected chi connectivity index (χ0v) is 9.55. The topological polar surface area (TPSA) is 44.8 Å². The molecule has 2 rings (SSSR count). The van der Waals surface area contributed by atoms with Crippen LogP contribution in [0.15, 0.2) is 11.5 Å². The van der Waals surface area contributed by atoms with E-state index in [0.29, 0.717) is 18.6 Å². The summed E-state index contributed by atoms with van der Waals surface area (Å²) in [7, 11) is 4.69. The standard InChI is InChI=1S/C11H16O4/c1-10-5-7(13-2)9(14-3)11(10,15-4)8(12)6-10/h5-6H2,1-4H3/t10-,11+/m0/s1. The summed E-state index contributed by atoms with van der Waals surface area (Å²) < 4.78 is 16.0. The third kappa shape index (κ3) is 0.930. The molecule has 2 atom stereocenters. The first-order chi connectivity index (χ1) is 7.05. The molecule has 0 aliphatic heterocycles. The van der Waals surface area contributed by atoms with E-state index in [4.69, 9.17) is 14.2 Å². The number of ketones is 1. The van der Waals surface area contributed by atoms with Crippen molar-refractivity contribution >= 4 is 5.78 Å². The summed E-state index contributed by atoms with van der Waals surface area (Å²) in [5.74, 6) is 1.36. The highest BCUT2D eigenvalue weighted by Gasteiger charge is 2.71. The molecule has 0 aromatic rings. The van der Waals surface area contributed by atoms with Gasteiger partial charge in [-0.1, -0.05) is 6.92 Å². The summed E-state index contributed by atoms with van der Waals surface area (Å²) >= 11 is 0. The Morgan fingerprint density at radius 3 is 2.20 bits per heavy atom. The second-order valence-electron chi connectivity index (χ2n) is 4.38. The lowest BCUT2D eigenvalue weighted by atomic mass is 9.57. The maximum Gasteiger partial charge on any atom is 0.192 e. The molecule has 0 aromatic heterocycles. The fourth-order valence-electron chi connectivity index (χ4n) is 2.93. The van der Waals surface area contributed by atoms with E-state index in [-0.39, 0.29) is 11.2 Å². The smallest absolute Gasteiger partial charge is 0.192 e. The van der Waals surface area contributed by atoms with Crippen LogP contribution >= 0.6 is 0 Å². The second-order valence-corrected chi connectivity index (χ2v) is 4.38. The maximum absolute atomic E-state index is 11.8. The lowest BCUT2D eigenvalue weighted by molar-refractivity contribution is -0.182. The van der Waals surface area contributed by atoms with Gasteiger partial charge in [-0.25, -0.2) is 0 Å². The molecule has 0 spiro atoms. The van der Waals surface area contributed by atoms with Gasteiger partial charge in [0.05, 0.1) is 14.2 Å².